The molecule has 0 fully saturated rings. The van der Waals surface area contributed by atoms with Gasteiger partial charge in [-0.05, 0) is 61.4 Å². The van der Waals surface area contributed by atoms with Crippen LogP contribution in [-0.4, -0.2) is 5.91 Å². The summed E-state index contributed by atoms with van der Waals surface area (Å²) in [7, 11) is 0. The summed E-state index contributed by atoms with van der Waals surface area (Å²) in [6.45, 7) is 3.93. The quantitative estimate of drug-likeness (QED) is 0.820. The molecule has 2 aromatic rings. The van der Waals surface area contributed by atoms with Crippen molar-refractivity contribution >= 4 is 28.6 Å². The standard InChI is InChI=1S/C16H20N2OS/c1-11-9-13(17)10-12(2)16(11)18-15(19)7-3-5-14-6-4-8-20-14/h4,6,8-10H,3,5,7,17H2,1-2H3,(H,18,19). The Balaban J connectivity index is 1.88. The number of benzene rings is 1. The van der Waals surface area contributed by atoms with Gasteiger partial charge in [-0.15, -0.1) is 11.3 Å². The summed E-state index contributed by atoms with van der Waals surface area (Å²) < 4.78 is 0. The minimum Gasteiger partial charge on any atom is -0.399 e. The zero-order chi connectivity index (χ0) is 14.5. The third-order valence-corrected chi connectivity index (χ3v) is 4.16. The van der Waals surface area contributed by atoms with Crippen LogP contribution >= 0.6 is 11.3 Å². The second kappa shape index (κ2) is 6.57. The maximum atomic E-state index is 12.0. The van der Waals surface area contributed by atoms with Crippen LogP contribution in [0.2, 0.25) is 0 Å². The number of hydrogen-bond acceptors (Lipinski definition) is 3. The van der Waals surface area contributed by atoms with E-state index < -0.39 is 0 Å². The van der Waals surface area contributed by atoms with Crippen LogP contribution < -0.4 is 11.1 Å². The molecule has 0 aliphatic carbocycles. The molecule has 0 saturated carbocycles. The van der Waals surface area contributed by atoms with Crippen LogP contribution in [0.15, 0.2) is 29.6 Å². The van der Waals surface area contributed by atoms with Gasteiger partial charge in [0.15, 0.2) is 0 Å². The zero-order valence-electron chi connectivity index (χ0n) is 11.9. The molecule has 0 radical (unpaired) electrons. The molecule has 0 bridgehead atoms. The van der Waals surface area contributed by atoms with Crippen molar-refractivity contribution in [1.82, 2.24) is 0 Å². The number of hydrogen-bond donors (Lipinski definition) is 2. The van der Waals surface area contributed by atoms with E-state index in [9.17, 15) is 4.79 Å². The number of carbonyl (C=O) groups excluding carboxylic acids is 1. The Morgan fingerprint density at radius 3 is 2.60 bits per heavy atom. The molecule has 1 amide bonds. The van der Waals surface area contributed by atoms with Crippen molar-refractivity contribution in [2.24, 2.45) is 0 Å². The Hall–Kier alpha value is -1.81. The van der Waals surface area contributed by atoms with Crippen molar-refractivity contribution in [1.29, 1.82) is 0 Å². The molecule has 0 spiro atoms. The number of nitrogens with two attached hydrogens (primary N) is 1. The Morgan fingerprint density at radius 1 is 1.30 bits per heavy atom. The molecule has 4 heteroatoms. The molecule has 2 rings (SSSR count). The summed E-state index contributed by atoms with van der Waals surface area (Å²) in [5.74, 6) is 0.0672. The summed E-state index contributed by atoms with van der Waals surface area (Å²) in [4.78, 5) is 13.3. The second-order valence-electron chi connectivity index (χ2n) is 5.01. The van der Waals surface area contributed by atoms with Gasteiger partial charge < -0.3 is 11.1 Å². The van der Waals surface area contributed by atoms with E-state index in [1.165, 1.54) is 4.88 Å². The average Bonchev–Trinajstić information content (AvgIpc) is 2.87. The molecule has 20 heavy (non-hydrogen) atoms. The van der Waals surface area contributed by atoms with Crippen molar-refractivity contribution in [3.05, 3.63) is 45.6 Å². The van der Waals surface area contributed by atoms with E-state index in [0.29, 0.717) is 6.42 Å². The first-order chi connectivity index (χ1) is 9.56. The molecule has 106 valence electrons. The van der Waals surface area contributed by atoms with Crippen molar-refractivity contribution in [3.8, 4) is 0 Å². The number of anilines is 2. The lowest BCUT2D eigenvalue weighted by atomic mass is 10.1. The van der Waals surface area contributed by atoms with E-state index in [4.69, 9.17) is 5.73 Å². The fraction of sp³-hybridized carbons (Fsp3) is 0.312. The Bertz CT molecular complexity index is 568. The summed E-state index contributed by atoms with van der Waals surface area (Å²) in [5.41, 5.74) is 9.42. The maximum absolute atomic E-state index is 12.0. The van der Waals surface area contributed by atoms with E-state index in [0.717, 1.165) is 35.3 Å². The van der Waals surface area contributed by atoms with Crippen LogP contribution in [0.4, 0.5) is 11.4 Å². The number of nitrogens with one attached hydrogen (secondary N) is 1. The van der Waals surface area contributed by atoms with Crippen LogP contribution in [-0.2, 0) is 11.2 Å². The Morgan fingerprint density at radius 2 is 2.00 bits per heavy atom. The minimum absolute atomic E-state index is 0.0672. The molecule has 0 aliphatic rings. The molecule has 1 aromatic heterocycles. The van der Waals surface area contributed by atoms with Crippen LogP contribution in [0, 0.1) is 13.8 Å². The predicted molar refractivity (Wildman–Crippen MR) is 86.2 cm³/mol. The summed E-state index contributed by atoms with van der Waals surface area (Å²) in [6.07, 6.45) is 2.38. The van der Waals surface area contributed by atoms with Gasteiger partial charge >= 0.3 is 0 Å². The molecule has 0 aliphatic heterocycles. The van der Waals surface area contributed by atoms with E-state index in [2.05, 4.69) is 16.8 Å². The highest BCUT2D eigenvalue weighted by Gasteiger charge is 2.08. The molecule has 3 N–H and O–H groups in total. The van der Waals surface area contributed by atoms with Gasteiger partial charge in [0, 0.05) is 22.7 Å². The number of thiophene rings is 1. The summed E-state index contributed by atoms with van der Waals surface area (Å²) in [5, 5.41) is 5.06. The predicted octanol–water partition coefficient (Wildman–Crippen LogP) is 3.91. The summed E-state index contributed by atoms with van der Waals surface area (Å²) >= 11 is 1.74. The number of nitrogen functional groups attached to an aromatic ring is 1. The SMILES string of the molecule is Cc1cc(N)cc(C)c1NC(=O)CCCc1cccs1. The van der Waals surface area contributed by atoms with Crippen LogP contribution in [0.3, 0.4) is 0 Å². The maximum Gasteiger partial charge on any atom is 0.224 e. The first-order valence-corrected chi connectivity index (χ1v) is 7.63. The molecule has 0 atom stereocenters. The molecule has 1 heterocycles. The molecule has 1 aromatic carbocycles. The van der Waals surface area contributed by atoms with Crippen LogP contribution in [0.25, 0.3) is 0 Å². The Kier molecular flexibility index (Phi) is 4.79. The van der Waals surface area contributed by atoms with E-state index in [-0.39, 0.29) is 5.91 Å². The fourth-order valence-corrected chi connectivity index (χ4v) is 3.03. The molecule has 3 nitrogen and oxygen atoms in total. The highest BCUT2D eigenvalue weighted by molar-refractivity contribution is 7.09. The molecular formula is C16H20N2OS. The number of amides is 1. The minimum atomic E-state index is 0.0672. The fourth-order valence-electron chi connectivity index (χ4n) is 2.27. The number of carbonyl (C=O) groups is 1. The van der Waals surface area contributed by atoms with Gasteiger partial charge in [-0.3, -0.25) is 4.79 Å². The van der Waals surface area contributed by atoms with Gasteiger partial charge in [0.25, 0.3) is 0 Å². The first kappa shape index (κ1) is 14.6. The highest BCUT2D eigenvalue weighted by atomic mass is 32.1. The normalized spacial score (nSPS) is 10.5. The summed E-state index contributed by atoms with van der Waals surface area (Å²) in [6, 6.07) is 7.92. The van der Waals surface area contributed by atoms with Gasteiger partial charge in [0.05, 0.1) is 0 Å². The van der Waals surface area contributed by atoms with Crippen molar-refractivity contribution in [2.75, 3.05) is 11.1 Å². The monoisotopic (exact) mass is 288 g/mol. The number of rotatable bonds is 5. The van der Waals surface area contributed by atoms with E-state index in [1.807, 2.05) is 32.0 Å². The smallest absolute Gasteiger partial charge is 0.224 e. The van der Waals surface area contributed by atoms with Gasteiger partial charge in [0.2, 0.25) is 5.91 Å². The first-order valence-electron chi connectivity index (χ1n) is 6.75. The molecule has 0 unspecified atom stereocenters. The lowest BCUT2D eigenvalue weighted by Gasteiger charge is -2.12. The van der Waals surface area contributed by atoms with Crippen LogP contribution in [0.1, 0.15) is 28.8 Å². The van der Waals surface area contributed by atoms with Gasteiger partial charge in [0.1, 0.15) is 0 Å². The second-order valence-corrected chi connectivity index (χ2v) is 6.04. The third-order valence-electron chi connectivity index (χ3n) is 3.23. The topological polar surface area (TPSA) is 55.1 Å². The van der Waals surface area contributed by atoms with Crippen molar-refractivity contribution in [3.63, 3.8) is 0 Å². The van der Waals surface area contributed by atoms with Crippen molar-refractivity contribution < 1.29 is 4.79 Å². The van der Waals surface area contributed by atoms with Crippen LogP contribution in [0.5, 0.6) is 0 Å². The molecule has 0 saturated heterocycles. The van der Waals surface area contributed by atoms with Gasteiger partial charge in [-0.25, -0.2) is 0 Å². The largest absolute Gasteiger partial charge is 0.399 e. The van der Waals surface area contributed by atoms with Crippen molar-refractivity contribution in [2.45, 2.75) is 33.1 Å². The Labute approximate surface area is 123 Å². The zero-order valence-corrected chi connectivity index (χ0v) is 12.7. The lowest BCUT2D eigenvalue weighted by Crippen LogP contribution is -2.13. The molecular weight excluding hydrogens is 268 g/mol. The lowest BCUT2D eigenvalue weighted by molar-refractivity contribution is -0.116. The van der Waals surface area contributed by atoms with Gasteiger partial charge in [-0.2, -0.15) is 0 Å². The van der Waals surface area contributed by atoms with E-state index >= 15 is 0 Å². The third kappa shape index (κ3) is 3.84. The highest BCUT2D eigenvalue weighted by Crippen LogP contribution is 2.23. The average molecular weight is 288 g/mol. The number of aryl methyl sites for hydroxylation is 3. The van der Waals surface area contributed by atoms with Gasteiger partial charge in [-0.1, -0.05) is 6.07 Å². The van der Waals surface area contributed by atoms with E-state index in [1.54, 1.807) is 11.3 Å².